The molecule has 2 atom stereocenters. The summed E-state index contributed by atoms with van der Waals surface area (Å²) in [6, 6.07) is 12.2. The predicted octanol–water partition coefficient (Wildman–Crippen LogP) is 3.30. The van der Waals surface area contributed by atoms with E-state index in [9.17, 15) is 9.18 Å². The van der Waals surface area contributed by atoms with Crippen LogP contribution in [0.4, 0.5) is 10.1 Å². The van der Waals surface area contributed by atoms with Crippen LogP contribution in [0.2, 0.25) is 5.02 Å². The van der Waals surface area contributed by atoms with Gasteiger partial charge in [-0.05, 0) is 37.3 Å². The number of aromatic nitrogens is 1. The fourth-order valence-electron chi connectivity index (χ4n) is 2.48. The Labute approximate surface area is 154 Å². The largest absolute Gasteiger partial charge is 0.322 e. The quantitative estimate of drug-likeness (QED) is 0.715. The van der Waals surface area contributed by atoms with Gasteiger partial charge in [0, 0.05) is 5.02 Å². The monoisotopic (exact) mass is 378 g/mol. The van der Waals surface area contributed by atoms with Gasteiger partial charge in [-0.3, -0.25) is 4.79 Å². The molecule has 0 bridgehead atoms. The number of fused-ring (bicyclic) bond motifs is 1. The van der Waals surface area contributed by atoms with Crippen LogP contribution in [0.15, 0.2) is 42.5 Å². The summed E-state index contributed by atoms with van der Waals surface area (Å²) in [5.74, 6) is -0.801. The van der Waals surface area contributed by atoms with Crippen molar-refractivity contribution in [2.24, 2.45) is 0 Å². The Bertz CT molecular complexity index is 881. The summed E-state index contributed by atoms with van der Waals surface area (Å²) in [5.41, 5.74) is 1.10. The van der Waals surface area contributed by atoms with Crippen LogP contribution < -0.4 is 10.2 Å². The van der Waals surface area contributed by atoms with Crippen LogP contribution in [0.1, 0.15) is 18.0 Å². The topological polar surface area (TPSA) is 46.4 Å². The van der Waals surface area contributed by atoms with Crippen LogP contribution in [-0.2, 0) is 4.79 Å². The Morgan fingerprint density at radius 3 is 2.84 bits per heavy atom. The third kappa shape index (κ3) is 4.15. The van der Waals surface area contributed by atoms with Gasteiger partial charge in [0.25, 0.3) is 5.91 Å². The minimum Gasteiger partial charge on any atom is -0.322 e. The van der Waals surface area contributed by atoms with Crippen LogP contribution in [0.25, 0.3) is 10.2 Å². The average Bonchev–Trinajstić information content (AvgIpc) is 3.00. The second-order valence-electron chi connectivity index (χ2n) is 5.94. The number of rotatable bonds is 5. The predicted molar refractivity (Wildman–Crippen MR) is 99.8 cm³/mol. The summed E-state index contributed by atoms with van der Waals surface area (Å²) in [6.07, 6.45) is 0. The third-order valence-corrected chi connectivity index (χ3v) is 5.52. The first-order valence-electron chi connectivity index (χ1n) is 7.86. The lowest BCUT2D eigenvalue weighted by molar-refractivity contribution is -0.902. The number of hydrogen-bond acceptors (Lipinski definition) is 3. The van der Waals surface area contributed by atoms with Crippen LogP contribution in [-0.4, -0.2) is 24.5 Å². The normalized spacial score (nSPS) is 13.6. The van der Waals surface area contributed by atoms with Crippen molar-refractivity contribution in [2.45, 2.75) is 13.0 Å². The summed E-state index contributed by atoms with van der Waals surface area (Å²) in [4.78, 5) is 17.8. The molecule has 25 heavy (non-hydrogen) atoms. The number of carbonyl (C=O) groups excluding carboxylic acids is 1. The summed E-state index contributed by atoms with van der Waals surface area (Å²) in [6.45, 7) is 2.24. The number of amides is 1. The molecule has 0 saturated heterocycles. The highest BCUT2D eigenvalue weighted by molar-refractivity contribution is 7.18. The van der Waals surface area contributed by atoms with Crippen molar-refractivity contribution >= 4 is 44.7 Å². The minimum absolute atomic E-state index is 0.0539. The van der Waals surface area contributed by atoms with Crippen molar-refractivity contribution in [3.8, 4) is 0 Å². The van der Waals surface area contributed by atoms with Crippen LogP contribution in [0, 0.1) is 5.82 Å². The van der Waals surface area contributed by atoms with E-state index >= 15 is 0 Å². The Morgan fingerprint density at radius 2 is 2.12 bits per heavy atom. The fraction of sp³-hybridized carbons (Fsp3) is 0.222. The smallest absolute Gasteiger partial charge is 0.279 e. The number of thiazole rings is 1. The molecule has 2 aromatic carbocycles. The van der Waals surface area contributed by atoms with Crippen molar-refractivity contribution in [3.05, 3.63) is 58.3 Å². The summed E-state index contributed by atoms with van der Waals surface area (Å²) in [7, 11) is 1.93. The average molecular weight is 379 g/mol. The van der Waals surface area contributed by atoms with Crippen LogP contribution in [0.5, 0.6) is 0 Å². The van der Waals surface area contributed by atoms with Gasteiger partial charge < -0.3 is 10.2 Å². The Morgan fingerprint density at radius 1 is 1.36 bits per heavy atom. The molecule has 3 aromatic rings. The van der Waals surface area contributed by atoms with Gasteiger partial charge in [0.1, 0.15) is 11.9 Å². The molecule has 0 spiro atoms. The van der Waals surface area contributed by atoms with E-state index in [4.69, 9.17) is 11.6 Å². The Hall–Kier alpha value is -2.02. The number of benzene rings is 2. The van der Waals surface area contributed by atoms with Gasteiger partial charge in [-0.1, -0.05) is 23.7 Å². The number of hydrogen-bond donors (Lipinski definition) is 2. The van der Waals surface area contributed by atoms with E-state index in [0.29, 0.717) is 5.02 Å². The molecule has 7 heteroatoms. The summed E-state index contributed by atoms with van der Waals surface area (Å²) in [5, 5.41) is 3.86. The molecule has 0 aliphatic carbocycles. The lowest BCUT2D eigenvalue weighted by Gasteiger charge is -2.19. The molecule has 0 fully saturated rings. The maximum Gasteiger partial charge on any atom is 0.279 e. The molecule has 1 heterocycles. The van der Waals surface area contributed by atoms with Crippen molar-refractivity contribution in [2.75, 3.05) is 18.9 Å². The van der Waals surface area contributed by atoms with E-state index in [1.165, 1.54) is 12.1 Å². The number of carbonyl (C=O) groups is 1. The summed E-state index contributed by atoms with van der Waals surface area (Å²) < 4.78 is 14.9. The van der Waals surface area contributed by atoms with E-state index in [1.54, 1.807) is 17.4 Å². The minimum atomic E-state index is -0.544. The second-order valence-corrected chi connectivity index (χ2v) is 7.44. The van der Waals surface area contributed by atoms with Crippen LogP contribution in [0.3, 0.4) is 0 Å². The fourth-order valence-corrected chi connectivity index (χ4v) is 3.75. The van der Waals surface area contributed by atoms with Gasteiger partial charge >= 0.3 is 0 Å². The molecule has 0 radical (unpaired) electrons. The molecule has 1 unspecified atom stereocenters. The molecule has 130 valence electrons. The van der Waals surface area contributed by atoms with Crippen molar-refractivity contribution in [3.63, 3.8) is 0 Å². The molecule has 1 aromatic heterocycles. The number of quaternary nitrogens is 1. The maximum atomic E-state index is 13.8. The SMILES string of the molecule is C[C@H](c1nc2ccccc2s1)[NH+](C)CC(=O)Nc1ccc(Cl)cc1F. The zero-order chi connectivity index (χ0) is 18.0. The van der Waals surface area contributed by atoms with Gasteiger partial charge in [-0.15, -0.1) is 11.3 Å². The zero-order valence-electron chi connectivity index (χ0n) is 13.8. The number of halogens is 2. The Kier molecular flexibility index (Phi) is 5.32. The molecule has 4 nitrogen and oxygen atoms in total. The second kappa shape index (κ2) is 7.47. The highest BCUT2D eigenvalue weighted by atomic mass is 35.5. The molecular formula is C18H18ClFN3OS+. The Balaban J connectivity index is 1.66. The first-order chi connectivity index (χ1) is 11.9. The molecule has 3 rings (SSSR count). The summed E-state index contributed by atoms with van der Waals surface area (Å²) >= 11 is 7.35. The van der Waals surface area contributed by atoms with E-state index in [0.717, 1.165) is 20.1 Å². The molecule has 0 saturated carbocycles. The van der Waals surface area contributed by atoms with E-state index in [2.05, 4.69) is 10.3 Å². The number of para-hydroxylation sites is 1. The molecular weight excluding hydrogens is 361 g/mol. The highest BCUT2D eigenvalue weighted by Gasteiger charge is 2.22. The zero-order valence-corrected chi connectivity index (χ0v) is 15.4. The first-order valence-corrected chi connectivity index (χ1v) is 9.06. The van der Waals surface area contributed by atoms with Gasteiger partial charge in [0.05, 0.1) is 23.0 Å². The van der Waals surface area contributed by atoms with E-state index in [1.807, 2.05) is 38.2 Å². The number of likely N-dealkylation sites (N-methyl/N-ethyl adjacent to an activating group) is 1. The number of anilines is 1. The highest BCUT2D eigenvalue weighted by Crippen LogP contribution is 2.24. The first kappa shape index (κ1) is 17.8. The maximum absolute atomic E-state index is 13.8. The van der Waals surface area contributed by atoms with E-state index in [-0.39, 0.29) is 24.2 Å². The van der Waals surface area contributed by atoms with Crippen molar-refractivity contribution < 1.29 is 14.1 Å². The van der Waals surface area contributed by atoms with Gasteiger partial charge in [0.2, 0.25) is 0 Å². The number of nitrogens with one attached hydrogen (secondary N) is 2. The van der Waals surface area contributed by atoms with Gasteiger partial charge in [-0.2, -0.15) is 0 Å². The molecule has 1 amide bonds. The van der Waals surface area contributed by atoms with Gasteiger partial charge in [0.15, 0.2) is 11.6 Å². The van der Waals surface area contributed by atoms with Crippen molar-refractivity contribution in [1.29, 1.82) is 0 Å². The number of nitrogens with zero attached hydrogens (tertiary/aromatic N) is 1. The van der Waals surface area contributed by atoms with Crippen LogP contribution >= 0.6 is 22.9 Å². The lowest BCUT2D eigenvalue weighted by Crippen LogP contribution is -3.10. The van der Waals surface area contributed by atoms with Crippen molar-refractivity contribution in [1.82, 2.24) is 4.98 Å². The molecule has 0 aliphatic heterocycles. The van der Waals surface area contributed by atoms with E-state index < -0.39 is 5.82 Å². The van der Waals surface area contributed by atoms with Gasteiger partial charge in [-0.25, -0.2) is 9.37 Å². The standard InChI is InChI=1S/C18H17ClFN3OS/c1-11(18-22-15-5-3-4-6-16(15)25-18)23(2)10-17(24)21-14-8-7-12(19)9-13(14)20/h3-9,11H,10H2,1-2H3,(H,21,24)/p+1/t11-/m1/s1. The lowest BCUT2D eigenvalue weighted by atomic mass is 10.3. The third-order valence-electron chi connectivity index (χ3n) is 4.06. The molecule has 2 N–H and O–H groups in total. The molecule has 0 aliphatic rings.